The van der Waals surface area contributed by atoms with Gasteiger partial charge in [0.25, 0.3) is 0 Å². The summed E-state index contributed by atoms with van der Waals surface area (Å²) in [6.07, 6.45) is -2.52. The van der Waals surface area contributed by atoms with Gasteiger partial charge in [0.2, 0.25) is 5.95 Å². The van der Waals surface area contributed by atoms with Crippen molar-refractivity contribution in [1.82, 2.24) is 9.97 Å². The maximum absolute atomic E-state index is 13.3. The maximum Gasteiger partial charge on any atom is 0.433 e. The van der Waals surface area contributed by atoms with Crippen LogP contribution in [0.1, 0.15) is 31.9 Å². The molecule has 0 amide bonds. The van der Waals surface area contributed by atoms with Gasteiger partial charge in [-0.05, 0) is 37.5 Å². The van der Waals surface area contributed by atoms with Gasteiger partial charge < -0.3 is 14.9 Å². The molecule has 9 heteroatoms. The number of aromatic nitrogens is 2. The Hall–Kier alpha value is -2.06. The number of alkyl halides is 3. The van der Waals surface area contributed by atoms with Gasteiger partial charge in [0.1, 0.15) is 5.82 Å². The summed E-state index contributed by atoms with van der Waals surface area (Å²) in [4.78, 5) is 22.8. The summed E-state index contributed by atoms with van der Waals surface area (Å²) in [6.45, 7) is 3.71. The molecule has 2 bridgehead atoms. The predicted molar refractivity (Wildman–Crippen MR) is 88.0 cm³/mol. The Kier molecular flexibility index (Phi) is 4.00. The van der Waals surface area contributed by atoms with Crippen molar-refractivity contribution in [3.63, 3.8) is 0 Å². The molecule has 6 nitrogen and oxygen atoms in total. The minimum absolute atomic E-state index is 0.127. The fraction of sp³-hybridized carbons (Fsp3) is 0.706. The third kappa shape index (κ3) is 2.97. The average Bonchev–Trinajstić information content (AvgIpc) is 2.57. The van der Waals surface area contributed by atoms with Crippen LogP contribution < -0.4 is 9.80 Å². The number of anilines is 2. The van der Waals surface area contributed by atoms with Crippen LogP contribution >= 0.6 is 0 Å². The van der Waals surface area contributed by atoms with Gasteiger partial charge in [0.05, 0.1) is 0 Å². The van der Waals surface area contributed by atoms with Crippen molar-refractivity contribution in [1.29, 1.82) is 0 Å². The van der Waals surface area contributed by atoms with E-state index in [1.807, 2.05) is 11.8 Å². The summed E-state index contributed by atoms with van der Waals surface area (Å²) in [7, 11) is 0. The van der Waals surface area contributed by atoms with E-state index in [1.54, 1.807) is 4.90 Å². The Morgan fingerprint density at radius 2 is 2.00 bits per heavy atom. The number of halogens is 3. The van der Waals surface area contributed by atoms with Gasteiger partial charge in [-0.15, -0.1) is 0 Å². The average molecular weight is 370 g/mol. The number of aliphatic carboxylic acids is 1. The Bertz CT molecular complexity index is 714. The number of hydrogen-bond donors (Lipinski definition) is 1. The van der Waals surface area contributed by atoms with Crippen molar-refractivity contribution in [2.75, 3.05) is 29.4 Å². The van der Waals surface area contributed by atoms with Gasteiger partial charge in [-0.25, -0.2) is 4.98 Å². The van der Waals surface area contributed by atoms with E-state index in [0.29, 0.717) is 25.5 Å². The monoisotopic (exact) mass is 370 g/mol. The molecular weight excluding hydrogens is 349 g/mol. The molecule has 1 aromatic rings. The molecule has 0 aromatic carbocycles. The first kappa shape index (κ1) is 17.4. The van der Waals surface area contributed by atoms with Gasteiger partial charge >= 0.3 is 12.1 Å². The lowest BCUT2D eigenvalue weighted by Gasteiger charge is -2.53. The first-order valence-electron chi connectivity index (χ1n) is 8.92. The number of carboxylic acids is 1. The van der Waals surface area contributed by atoms with E-state index in [-0.39, 0.29) is 36.2 Å². The van der Waals surface area contributed by atoms with E-state index in [0.717, 1.165) is 18.9 Å². The van der Waals surface area contributed by atoms with Crippen LogP contribution in [0.25, 0.3) is 0 Å². The topological polar surface area (TPSA) is 69.6 Å². The van der Waals surface area contributed by atoms with Crippen LogP contribution in [0.15, 0.2) is 6.07 Å². The summed E-state index contributed by atoms with van der Waals surface area (Å²) in [5.41, 5.74) is -0.919. The highest BCUT2D eigenvalue weighted by Gasteiger charge is 2.48. The largest absolute Gasteiger partial charge is 0.481 e. The van der Waals surface area contributed by atoms with Crippen LogP contribution in [0.5, 0.6) is 0 Å². The van der Waals surface area contributed by atoms with Crippen LogP contribution in [-0.4, -0.2) is 46.7 Å². The summed E-state index contributed by atoms with van der Waals surface area (Å²) in [5.74, 6) is 0.164. The molecule has 0 spiro atoms. The van der Waals surface area contributed by atoms with E-state index in [2.05, 4.69) is 9.97 Å². The van der Waals surface area contributed by atoms with Gasteiger partial charge in [0, 0.05) is 38.2 Å². The van der Waals surface area contributed by atoms with E-state index in [9.17, 15) is 18.0 Å². The highest BCUT2D eigenvalue weighted by Crippen LogP contribution is 2.48. The molecule has 142 valence electrons. The zero-order valence-corrected chi connectivity index (χ0v) is 14.4. The smallest absolute Gasteiger partial charge is 0.433 e. The number of nitrogens with zero attached hydrogens (tertiary/aromatic N) is 4. The summed E-state index contributed by atoms with van der Waals surface area (Å²) in [5, 5.41) is 9.00. The molecule has 26 heavy (non-hydrogen) atoms. The quantitative estimate of drug-likeness (QED) is 0.879. The van der Waals surface area contributed by atoms with Crippen LogP contribution in [0.3, 0.4) is 0 Å². The molecule has 3 saturated heterocycles. The molecule has 0 radical (unpaired) electrons. The Morgan fingerprint density at radius 3 is 2.50 bits per heavy atom. The summed E-state index contributed by atoms with van der Waals surface area (Å²) >= 11 is 0. The normalized spacial score (nSPS) is 30.6. The zero-order chi connectivity index (χ0) is 18.6. The lowest BCUT2D eigenvalue weighted by molar-refractivity contribution is -0.142. The number of piperidine rings is 2. The molecule has 4 atom stereocenters. The van der Waals surface area contributed by atoms with Gasteiger partial charge in [-0.2, -0.15) is 18.2 Å². The number of carbonyl (C=O) groups is 1. The minimum Gasteiger partial charge on any atom is -0.481 e. The molecule has 1 N–H and O–H groups in total. The van der Waals surface area contributed by atoms with Crippen molar-refractivity contribution in [3.05, 3.63) is 11.8 Å². The van der Waals surface area contributed by atoms with Crippen LogP contribution in [0.4, 0.5) is 24.9 Å². The van der Waals surface area contributed by atoms with Crippen molar-refractivity contribution < 1.29 is 23.1 Å². The molecule has 4 heterocycles. The molecule has 3 aliphatic heterocycles. The van der Waals surface area contributed by atoms with Crippen LogP contribution in [0.2, 0.25) is 0 Å². The van der Waals surface area contributed by atoms with E-state index >= 15 is 0 Å². The molecular formula is C17H21F3N4O2. The lowest BCUT2D eigenvalue weighted by atomic mass is 9.60. The molecule has 4 aliphatic rings. The lowest BCUT2D eigenvalue weighted by Crippen LogP contribution is -2.56. The predicted octanol–water partition coefficient (Wildman–Crippen LogP) is 2.64. The van der Waals surface area contributed by atoms with E-state index in [4.69, 9.17) is 5.11 Å². The Balaban J connectivity index is 1.59. The summed E-state index contributed by atoms with van der Waals surface area (Å²) < 4.78 is 39.9. The highest BCUT2D eigenvalue weighted by atomic mass is 19.4. The second kappa shape index (κ2) is 5.99. The van der Waals surface area contributed by atoms with Crippen LogP contribution in [0, 0.1) is 17.8 Å². The van der Waals surface area contributed by atoms with Crippen molar-refractivity contribution >= 4 is 17.7 Å². The fourth-order valence-corrected chi connectivity index (χ4v) is 4.38. The maximum atomic E-state index is 13.3. The van der Waals surface area contributed by atoms with Crippen molar-refractivity contribution in [2.24, 2.45) is 17.8 Å². The van der Waals surface area contributed by atoms with Crippen molar-refractivity contribution in [2.45, 2.75) is 38.4 Å². The summed E-state index contributed by atoms with van der Waals surface area (Å²) in [6, 6.07) is 1.16. The second-order valence-corrected chi connectivity index (χ2v) is 7.66. The van der Waals surface area contributed by atoms with Crippen molar-refractivity contribution in [3.8, 4) is 0 Å². The number of carboxylic acid groups (broad SMARTS) is 1. The molecule has 5 rings (SSSR count). The third-order valence-electron chi connectivity index (χ3n) is 6.03. The first-order chi connectivity index (χ1) is 12.2. The Labute approximate surface area is 149 Å². The molecule has 1 saturated carbocycles. The number of hydrogen-bond acceptors (Lipinski definition) is 5. The molecule has 1 aromatic heterocycles. The SMILES string of the molecule is C[C@H]1CCN1c1nc(N2C[C@H]3C[C@@H](C2)C3CC(=O)O)cc(C(F)(F)F)n1. The van der Waals surface area contributed by atoms with E-state index in [1.165, 1.54) is 0 Å². The Morgan fingerprint density at radius 1 is 1.31 bits per heavy atom. The number of fused-ring (bicyclic) bond motifs is 2. The van der Waals surface area contributed by atoms with Gasteiger partial charge in [-0.3, -0.25) is 4.79 Å². The first-order valence-corrected chi connectivity index (χ1v) is 8.92. The van der Waals surface area contributed by atoms with Gasteiger partial charge in [0.15, 0.2) is 5.69 Å². The molecule has 1 unspecified atom stereocenters. The van der Waals surface area contributed by atoms with E-state index < -0.39 is 17.8 Å². The zero-order valence-electron chi connectivity index (χ0n) is 14.4. The highest BCUT2D eigenvalue weighted by molar-refractivity contribution is 5.67. The molecule has 4 fully saturated rings. The fourth-order valence-electron chi connectivity index (χ4n) is 4.38. The minimum atomic E-state index is -4.52. The number of rotatable bonds is 4. The third-order valence-corrected chi connectivity index (χ3v) is 6.03. The second-order valence-electron chi connectivity index (χ2n) is 7.66. The molecule has 1 aliphatic carbocycles. The van der Waals surface area contributed by atoms with Crippen LogP contribution in [-0.2, 0) is 11.0 Å². The van der Waals surface area contributed by atoms with Gasteiger partial charge in [-0.1, -0.05) is 0 Å². The standard InChI is InChI=1S/C17H21F3N4O2/c1-9-2-3-24(9)16-21-13(17(18,19)20)6-14(22-16)23-7-10-4-11(8-23)12(10)5-15(25)26/h6,9-12H,2-5,7-8H2,1H3,(H,25,26)/t9-,10-,11+,12?/m0/s1.